The van der Waals surface area contributed by atoms with Crippen LogP contribution in [0.15, 0.2) is 54.9 Å². The standard InChI is InChI=1S/C20H22N4O/c1-23(17-5-4-12-21-13-17)20(25)15-8-10-16(11-9-15)24-14-22-18-6-2-3-7-19(18)24/h2-3,6-11,14,17,21H,4-5,12-13H2,1H3/t17-/m1/s1. The number of rotatable bonds is 3. The molecule has 25 heavy (non-hydrogen) atoms. The van der Waals surface area contributed by atoms with Crippen LogP contribution in [-0.4, -0.2) is 46.5 Å². The maximum Gasteiger partial charge on any atom is 0.253 e. The zero-order chi connectivity index (χ0) is 17.2. The number of hydrogen-bond donors (Lipinski definition) is 1. The molecule has 1 aliphatic rings. The number of hydrogen-bond acceptors (Lipinski definition) is 3. The molecular formula is C20H22N4O. The number of aromatic nitrogens is 2. The second-order valence-electron chi connectivity index (χ2n) is 6.57. The van der Waals surface area contributed by atoms with E-state index in [1.54, 1.807) is 0 Å². The molecule has 2 heterocycles. The van der Waals surface area contributed by atoms with Crippen LogP contribution in [0.1, 0.15) is 23.2 Å². The van der Waals surface area contributed by atoms with Gasteiger partial charge in [0.1, 0.15) is 6.33 Å². The highest BCUT2D eigenvalue weighted by atomic mass is 16.2. The fraction of sp³-hybridized carbons (Fsp3) is 0.300. The minimum absolute atomic E-state index is 0.0794. The summed E-state index contributed by atoms with van der Waals surface area (Å²) in [5.41, 5.74) is 3.76. The van der Waals surface area contributed by atoms with E-state index in [1.807, 2.05) is 71.4 Å². The van der Waals surface area contributed by atoms with E-state index in [4.69, 9.17) is 0 Å². The highest BCUT2D eigenvalue weighted by Crippen LogP contribution is 2.19. The monoisotopic (exact) mass is 334 g/mol. The van der Waals surface area contributed by atoms with E-state index < -0.39 is 0 Å². The van der Waals surface area contributed by atoms with Crippen LogP contribution in [0.4, 0.5) is 0 Å². The minimum atomic E-state index is 0.0794. The Hall–Kier alpha value is -2.66. The van der Waals surface area contributed by atoms with Gasteiger partial charge in [-0.2, -0.15) is 0 Å². The number of nitrogens with one attached hydrogen (secondary N) is 1. The third kappa shape index (κ3) is 3.03. The van der Waals surface area contributed by atoms with Crippen LogP contribution in [0.25, 0.3) is 16.7 Å². The average Bonchev–Trinajstić information content (AvgIpc) is 3.12. The van der Waals surface area contributed by atoms with Crippen LogP contribution in [0.5, 0.6) is 0 Å². The van der Waals surface area contributed by atoms with Crippen LogP contribution < -0.4 is 5.32 Å². The molecule has 0 radical (unpaired) electrons. The van der Waals surface area contributed by atoms with Crippen LogP contribution in [0, 0.1) is 0 Å². The molecule has 128 valence electrons. The van der Waals surface area contributed by atoms with Crippen LogP contribution in [0.3, 0.4) is 0 Å². The largest absolute Gasteiger partial charge is 0.337 e. The number of imidazole rings is 1. The number of fused-ring (bicyclic) bond motifs is 1. The Morgan fingerprint density at radius 1 is 1.20 bits per heavy atom. The summed E-state index contributed by atoms with van der Waals surface area (Å²) in [6.45, 7) is 1.92. The molecule has 0 spiro atoms. The van der Waals surface area contributed by atoms with E-state index in [2.05, 4.69) is 10.3 Å². The molecule has 1 N–H and O–H groups in total. The predicted octanol–water partition coefficient (Wildman–Crippen LogP) is 2.85. The number of likely N-dealkylation sites (N-methyl/N-ethyl adjacent to an activating group) is 1. The molecule has 5 nitrogen and oxygen atoms in total. The van der Waals surface area contributed by atoms with Gasteiger partial charge in [-0.3, -0.25) is 9.36 Å². The Kier molecular flexibility index (Phi) is 4.24. The molecule has 1 atom stereocenters. The van der Waals surface area contributed by atoms with Gasteiger partial charge in [0, 0.05) is 30.9 Å². The highest BCUT2D eigenvalue weighted by Gasteiger charge is 2.22. The SMILES string of the molecule is CN(C(=O)c1ccc(-n2cnc3ccccc32)cc1)[C@@H]1CCCNC1. The molecule has 1 fully saturated rings. The van der Waals surface area contributed by atoms with E-state index in [9.17, 15) is 4.79 Å². The summed E-state index contributed by atoms with van der Waals surface area (Å²) >= 11 is 0. The molecular weight excluding hydrogens is 312 g/mol. The molecule has 2 aromatic carbocycles. The van der Waals surface area contributed by atoms with E-state index in [0.717, 1.165) is 48.2 Å². The number of benzene rings is 2. The van der Waals surface area contributed by atoms with Crippen LogP contribution in [0.2, 0.25) is 0 Å². The van der Waals surface area contributed by atoms with Gasteiger partial charge in [-0.15, -0.1) is 0 Å². The molecule has 1 saturated heterocycles. The van der Waals surface area contributed by atoms with Gasteiger partial charge in [0.25, 0.3) is 5.91 Å². The van der Waals surface area contributed by atoms with Crippen molar-refractivity contribution in [3.8, 4) is 5.69 Å². The number of piperidine rings is 1. The fourth-order valence-corrected chi connectivity index (χ4v) is 3.46. The van der Waals surface area contributed by atoms with Crippen molar-refractivity contribution in [2.45, 2.75) is 18.9 Å². The molecule has 1 aliphatic heterocycles. The molecule has 0 unspecified atom stereocenters. The molecule has 1 amide bonds. The maximum atomic E-state index is 12.7. The molecule has 0 saturated carbocycles. The zero-order valence-corrected chi connectivity index (χ0v) is 14.4. The van der Waals surface area contributed by atoms with Crippen molar-refractivity contribution in [2.24, 2.45) is 0 Å². The molecule has 1 aromatic heterocycles. The normalized spacial score (nSPS) is 17.6. The van der Waals surface area contributed by atoms with Gasteiger partial charge >= 0.3 is 0 Å². The van der Waals surface area contributed by atoms with Crippen molar-refractivity contribution < 1.29 is 4.79 Å². The lowest BCUT2D eigenvalue weighted by atomic mass is 10.1. The summed E-state index contributed by atoms with van der Waals surface area (Å²) in [7, 11) is 1.90. The molecule has 5 heteroatoms. The highest BCUT2D eigenvalue weighted by molar-refractivity contribution is 5.94. The Bertz CT molecular complexity index is 878. The fourth-order valence-electron chi connectivity index (χ4n) is 3.46. The first-order chi connectivity index (χ1) is 12.2. The van der Waals surface area contributed by atoms with E-state index in [0.29, 0.717) is 0 Å². The van der Waals surface area contributed by atoms with Gasteiger partial charge in [0.05, 0.1) is 11.0 Å². The molecule has 3 aromatic rings. The lowest BCUT2D eigenvalue weighted by Crippen LogP contribution is -2.46. The molecule has 0 aliphatic carbocycles. The summed E-state index contributed by atoms with van der Waals surface area (Å²) < 4.78 is 2.04. The first-order valence-electron chi connectivity index (χ1n) is 8.74. The second kappa shape index (κ2) is 6.69. The van der Waals surface area contributed by atoms with Gasteiger partial charge in [0.2, 0.25) is 0 Å². The van der Waals surface area contributed by atoms with Gasteiger partial charge in [0.15, 0.2) is 0 Å². The van der Waals surface area contributed by atoms with Crippen molar-refractivity contribution >= 4 is 16.9 Å². The summed E-state index contributed by atoms with van der Waals surface area (Å²) in [6.07, 6.45) is 4.00. The third-order valence-corrected chi connectivity index (χ3v) is 4.98. The van der Waals surface area contributed by atoms with E-state index in [-0.39, 0.29) is 11.9 Å². The molecule has 4 rings (SSSR count). The Labute approximate surface area is 147 Å². The van der Waals surface area contributed by atoms with Crippen molar-refractivity contribution in [1.82, 2.24) is 19.8 Å². The van der Waals surface area contributed by atoms with Gasteiger partial charge < -0.3 is 10.2 Å². The second-order valence-corrected chi connectivity index (χ2v) is 6.57. The Morgan fingerprint density at radius 2 is 2.00 bits per heavy atom. The quantitative estimate of drug-likeness (QED) is 0.801. The van der Waals surface area contributed by atoms with Crippen LogP contribution in [-0.2, 0) is 0 Å². The number of nitrogens with zero attached hydrogens (tertiary/aromatic N) is 3. The molecule has 0 bridgehead atoms. The maximum absolute atomic E-state index is 12.7. The van der Waals surface area contributed by atoms with E-state index in [1.165, 1.54) is 0 Å². The van der Waals surface area contributed by atoms with Crippen LogP contribution >= 0.6 is 0 Å². The summed E-state index contributed by atoms with van der Waals surface area (Å²) in [4.78, 5) is 19.0. The van der Waals surface area contributed by atoms with Crippen molar-refractivity contribution in [3.63, 3.8) is 0 Å². The van der Waals surface area contributed by atoms with Gasteiger partial charge in [-0.1, -0.05) is 12.1 Å². The first-order valence-corrected chi connectivity index (χ1v) is 8.74. The predicted molar refractivity (Wildman–Crippen MR) is 99.1 cm³/mol. The topological polar surface area (TPSA) is 50.2 Å². The average molecular weight is 334 g/mol. The smallest absolute Gasteiger partial charge is 0.253 e. The zero-order valence-electron chi connectivity index (χ0n) is 14.4. The van der Waals surface area contributed by atoms with Gasteiger partial charge in [-0.05, 0) is 55.8 Å². The third-order valence-electron chi connectivity index (χ3n) is 4.98. The Balaban J connectivity index is 1.56. The Morgan fingerprint density at radius 3 is 2.76 bits per heavy atom. The first kappa shape index (κ1) is 15.8. The van der Waals surface area contributed by atoms with Crippen molar-refractivity contribution in [2.75, 3.05) is 20.1 Å². The van der Waals surface area contributed by atoms with Crippen molar-refractivity contribution in [1.29, 1.82) is 0 Å². The summed E-state index contributed by atoms with van der Waals surface area (Å²) in [5, 5.41) is 3.36. The number of para-hydroxylation sites is 2. The summed E-state index contributed by atoms with van der Waals surface area (Å²) in [5.74, 6) is 0.0794. The number of carbonyl (C=O) groups is 1. The van der Waals surface area contributed by atoms with E-state index >= 15 is 0 Å². The number of amides is 1. The minimum Gasteiger partial charge on any atom is -0.337 e. The van der Waals surface area contributed by atoms with Gasteiger partial charge in [-0.25, -0.2) is 4.98 Å². The lowest BCUT2D eigenvalue weighted by Gasteiger charge is -2.31. The lowest BCUT2D eigenvalue weighted by molar-refractivity contribution is 0.0708. The van der Waals surface area contributed by atoms with Crippen molar-refractivity contribution in [3.05, 3.63) is 60.4 Å². The number of carbonyl (C=O) groups excluding carboxylic acids is 1. The summed E-state index contributed by atoms with van der Waals surface area (Å²) in [6, 6.07) is 16.1.